The highest BCUT2D eigenvalue weighted by molar-refractivity contribution is 14.0. The van der Waals surface area contributed by atoms with E-state index in [2.05, 4.69) is 15.6 Å². The molecule has 2 amide bonds. The molecule has 8 nitrogen and oxygen atoms in total. The zero-order valence-electron chi connectivity index (χ0n) is 20.9. The van der Waals surface area contributed by atoms with E-state index in [1.165, 1.54) is 19.3 Å². The minimum absolute atomic E-state index is 0. The summed E-state index contributed by atoms with van der Waals surface area (Å²) in [6.45, 7) is 9.50. The molecule has 2 aliphatic heterocycles. The van der Waals surface area contributed by atoms with Crippen LogP contribution in [0.5, 0.6) is 0 Å². The van der Waals surface area contributed by atoms with Crippen LogP contribution in [-0.4, -0.2) is 79.2 Å². The molecule has 2 unspecified atom stereocenters. The average Bonchev–Trinajstić information content (AvgIpc) is 3.24. The Morgan fingerprint density at radius 3 is 2.36 bits per heavy atom. The van der Waals surface area contributed by atoms with Crippen LogP contribution in [0.4, 0.5) is 4.79 Å². The van der Waals surface area contributed by atoms with E-state index in [-0.39, 0.29) is 42.0 Å². The summed E-state index contributed by atoms with van der Waals surface area (Å²) in [5, 5.41) is 6.94. The fraction of sp³-hybridized carbons (Fsp3) is 0.875. The number of carbonyl (C=O) groups is 2. The van der Waals surface area contributed by atoms with Gasteiger partial charge in [-0.2, -0.15) is 0 Å². The third-order valence-corrected chi connectivity index (χ3v) is 6.75. The third-order valence-electron chi connectivity index (χ3n) is 6.75. The van der Waals surface area contributed by atoms with E-state index in [4.69, 9.17) is 4.74 Å². The smallest absolute Gasteiger partial charge is 0.410 e. The summed E-state index contributed by atoms with van der Waals surface area (Å²) >= 11 is 0. The van der Waals surface area contributed by atoms with Gasteiger partial charge in [0.2, 0.25) is 5.91 Å². The Morgan fingerprint density at radius 2 is 1.70 bits per heavy atom. The molecular weight excluding hydrogens is 533 g/mol. The summed E-state index contributed by atoms with van der Waals surface area (Å²) in [5.74, 6) is 1.72. The molecule has 2 atom stereocenters. The van der Waals surface area contributed by atoms with Crippen LogP contribution in [0.15, 0.2) is 4.99 Å². The predicted octanol–water partition coefficient (Wildman–Crippen LogP) is 3.60. The van der Waals surface area contributed by atoms with E-state index in [1.807, 2.05) is 30.6 Å². The van der Waals surface area contributed by atoms with Gasteiger partial charge in [-0.25, -0.2) is 4.79 Å². The maximum absolute atomic E-state index is 12.8. The second-order valence-electron chi connectivity index (χ2n) is 10.6. The number of nitrogens with zero attached hydrogens (tertiary/aromatic N) is 3. The molecule has 3 fully saturated rings. The fourth-order valence-electron chi connectivity index (χ4n) is 5.04. The number of likely N-dealkylation sites (tertiary alicyclic amines) is 2. The van der Waals surface area contributed by atoms with Crippen molar-refractivity contribution >= 4 is 41.9 Å². The number of amides is 2. The summed E-state index contributed by atoms with van der Waals surface area (Å²) in [7, 11) is 1.78. The molecule has 3 aliphatic rings. The quantitative estimate of drug-likeness (QED) is 0.303. The van der Waals surface area contributed by atoms with Gasteiger partial charge in [-0.3, -0.25) is 9.79 Å². The van der Waals surface area contributed by atoms with Gasteiger partial charge in [-0.15, -0.1) is 24.0 Å². The maximum atomic E-state index is 12.8. The van der Waals surface area contributed by atoms with Crippen molar-refractivity contribution < 1.29 is 14.3 Å². The minimum Gasteiger partial charge on any atom is -0.444 e. The molecule has 0 aromatic carbocycles. The lowest BCUT2D eigenvalue weighted by Crippen LogP contribution is -2.49. The molecular formula is C24H44IN5O3. The van der Waals surface area contributed by atoms with Crippen LogP contribution in [-0.2, 0) is 9.53 Å². The molecule has 0 radical (unpaired) electrons. The van der Waals surface area contributed by atoms with E-state index in [0.717, 1.165) is 64.2 Å². The molecule has 1 saturated carbocycles. The molecule has 1 aliphatic carbocycles. The van der Waals surface area contributed by atoms with Crippen LogP contribution in [0.25, 0.3) is 0 Å². The molecule has 0 spiro atoms. The van der Waals surface area contributed by atoms with E-state index in [1.54, 1.807) is 7.05 Å². The number of aliphatic imine (C=N–C) groups is 1. The number of carbonyl (C=O) groups excluding carboxylic acids is 2. The number of halogens is 1. The number of rotatable bonds is 4. The molecule has 0 aromatic heterocycles. The Kier molecular flexibility index (Phi) is 11.0. The van der Waals surface area contributed by atoms with Crippen molar-refractivity contribution in [1.82, 2.24) is 20.4 Å². The summed E-state index contributed by atoms with van der Waals surface area (Å²) in [6.07, 6.45) is 8.55. The van der Waals surface area contributed by atoms with Crippen molar-refractivity contribution in [2.75, 3.05) is 39.8 Å². The Labute approximate surface area is 216 Å². The van der Waals surface area contributed by atoms with Gasteiger partial charge < -0.3 is 25.2 Å². The molecule has 3 rings (SSSR count). The topological polar surface area (TPSA) is 86.3 Å². The molecule has 2 heterocycles. The van der Waals surface area contributed by atoms with Crippen LogP contribution < -0.4 is 10.6 Å². The van der Waals surface area contributed by atoms with Gasteiger partial charge in [-0.05, 0) is 58.8 Å². The lowest BCUT2D eigenvalue weighted by molar-refractivity contribution is -0.135. The van der Waals surface area contributed by atoms with Crippen molar-refractivity contribution in [1.29, 1.82) is 0 Å². The SMILES string of the molecule is CN=C(NCC1CCCN(C(=O)OC(C)(C)C)C1)NC1CCN(C(=O)C2CCCCC2)C1.I. The number of hydrogen-bond acceptors (Lipinski definition) is 4. The number of piperidine rings is 1. The molecule has 9 heteroatoms. The highest BCUT2D eigenvalue weighted by atomic mass is 127. The van der Waals surface area contributed by atoms with Gasteiger partial charge in [0.1, 0.15) is 5.60 Å². The van der Waals surface area contributed by atoms with Crippen molar-refractivity contribution in [2.45, 2.75) is 83.8 Å². The van der Waals surface area contributed by atoms with Crippen molar-refractivity contribution in [2.24, 2.45) is 16.8 Å². The van der Waals surface area contributed by atoms with Gasteiger partial charge in [0.05, 0.1) is 0 Å². The fourth-order valence-corrected chi connectivity index (χ4v) is 5.04. The van der Waals surface area contributed by atoms with E-state index in [9.17, 15) is 9.59 Å². The molecule has 190 valence electrons. The zero-order valence-corrected chi connectivity index (χ0v) is 23.2. The van der Waals surface area contributed by atoms with Gasteiger partial charge in [0.15, 0.2) is 5.96 Å². The van der Waals surface area contributed by atoms with E-state index < -0.39 is 5.60 Å². The van der Waals surface area contributed by atoms with Gasteiger partial charge in [0.25, 0.3) is 0 Å². The zero-order chi connectivity index (χ0) is 23.1. The number of hydrogen-bond donors (Lipinski definition) is 2. The second-order valence-corrected chi connectivity index (χ2v) is 10.6. The first-order valence-corrected chi connectivity index (χ1v) is 12.5. The van der Waals surface area contributed by atoms with Gasteiger partial charge in [0, 0.05) is 51.7 Å². The molecule has 0 aromatic rings. The van der Waals surface area contributed by atoms with Crippen molar-refractivity contribution in [3.63, 3.8) is 0 Å². The van der Waals surface area contributed by atoms with Crippen LogP contribution in [0.3, 0.4) is 0 Å². The number of ether oxygens (including phenoxy) is 1. The minimum atomic E-state index is -0.470. The lowest BCUT2D eigenvalue weighted by Gasteiger charge is -2.34. The summed E-state index contributed by atoms with van der Waals surface area (Å²) in [6, 6.07) is 0.235. The van der Waals surface area contributed by atoms with Gasteiger partial charge in [-0.1, -0.05) is 19.3 Å². The monoisotopic (exact) mass is 577 g/mol. The van der Waals surface area contributed by atoms with Crippen molar-refractivity contribution in [3.05, 3.63) is 0 Å². The highest BCUT2D eigenvalue weighted by Gasteiger charge is 2.32. The summed E-state index contributed by atoms with van der Waals surface area (Å²) < 4.78 is 5.53. The normalized spacial score (nSPS) is 24.8. The van der Waals surface area contributed by atoms with Gasteiger partial charge >= 0.3 is 6.09 Å². The Morgan fingerprint density at radius 1 is 0.970 bits per heavy atom. The largest absolute Gasteiger partial charge is 0.444 e. The Balaban J connectivity index is 0.00000385. The predicted molar refractivity (Wildman–Crippen MR) is 142 cm³/mol. The Bertz CT molecular complexity index is 676. The van der Waals surface area contributed by atoms with E-state index in [0.29, 0.717) is 18.4 Å². The van der Waals surface area contributed by atoms with Crippen LogP contribution in [0.2, 0.25) is 0 Å². The first kappa shape index (κ1) is 28.0. The first-order chi connectivity index (χ1) is 15.2. The lowest BCUT2D eigenvalue weighted by atomic mass is 9.88. The summed E-state index contributed by atoms with van der Waals surface area (Å²) in [5.41, 5.74) is -0.470. The molecule has 0 bridgehead atoms. The third kappa shape index (κ3) is 8.79. The summed E-state index contributed by atoms with van der Waals surface area (Å²) in [4.78, 5) is 33.5. The average molecular weight is 578 g/mol. The van der Waals surface area contributed by atoms with Crippen molar-refractivity contribution in [3.8, 4) is 0 Å². The van der Waals surface area contributed by atoms with Crippen LogP contribution in [0.1, 0.15) is 72.1 Å². The maximum Gasteiger partial charge on any atom is 0.410 e. The first-order valence-electron chi connectivity index (χ1n) is 12.5. The molecule has 33 heavy (non-hydrogen) atoms. The van der Waals surface area contributed by atoms with E-state index >= 15 is 0 Å². The Hall–Kier alpha value is -1.26. The molecule has 2 N–H and O–H groups in total. The standard InChI is InChI=1S/C24H43N5O3.HI/c1-24(2,3)32-23(31)29-13-8-9-18(16-29)15-26-22(25-4)27-20-12-14-28(17-20)21(30)19-10-6-5-7-11-19;/h18-20H,5-17H2,1-4H3,(H2,25,26,27);1H. The highest BCUT2D eigenvalue weighted by Crippen LogP contribution is 2.27. The second kappa shape index (κ2) is 13.0. The number of nitrogens with one attached hydrogen (secondary N) is 2. The van der Waals surface area contributed by atoms with Crippen LogP contribution in [0, 0.1) is 11.8 Å². The number of guanidine groups is 1. The molecule has 2 saturated heterocycles. The van der Waals surface area contributed by atoms with Crippen LogP contribution >= 0.6 is 24.0 Å².